The second-order valence-corrected chi connectivity index (χ2v) is 8.67. The van der Waals surface area contributed by atoms with Crippen molar-refractivity contribution >= 4 is 22.8 Å². The summed E-state index contributed by atoms with van der Waals surface area (Å²) in [5, 5.41) is 14.5. The maximum absolute atomic E-state index is 15.4. The second kappa shape index (κ2) is 10.1. The number of fused-ring (bicyclic) bond motifs is 1. The minimum absolute atomic E-state index is 0.0955. The smallest absolute Gasteiger partial charge is 0.264 e. The molecule has 2 aromatic heterocycles. The first kappa shape index (κ1) is 23.9. The molecule has 0 aliphatic carbocycles. The Balaban J connectivity index is 1.52. The monoisotopic (exact) mass is 497 g/mol. The van der Waals surface area contributed by atoms with Crippen LogP contribution in [0.2, 0.25) is 0 Å². The molecule has 9 nitrogen and oxygen atoms in total. The number of aromatic nitrogens is 4. The number of hydrogen-bond donors (Lipinski definition) is 1. The zero-order valence-corrected chi connectivity index (χ0v) is 20.1. The molecule has 1 unspecified atom stereocenters. The summed E-state index contributed by atoms with van der Waals surface area (Å²) in [5.41, 5.74) is 7.31. The fourth-order valence-electron chi connectivity index (χ4n) is 4.56. The van der Waals surface area contributed by atoms with Gasteiger partial charge in [0.1, 0.15) is 46.8 Å². The SMILES string of the molecule is C/C=C(\C#N)C(=O)N1CCCC(n2nc(-c3ccc(Oc4ccccc4)cc3F)c3c(N)ncnc32)C1. The van der Waals surface area contributed by atoms with Crippen LogP contribution in [0.25, 0.3) is 22.3 Å². The highest BCUT2D eigenvalue weighted by Crippen LogP contribution is 2.36. The van der Waals surface area contributed by atoms with Crippen LogP contribution in [0.4, 0.5) is 10.2 Å². The van der Waals surface area contributed by atoms with Crippen molar-refractivity contribution in [1.82, 2.24) is 24.6 Å². The third-order valence-corrected chi connectivity index (χ3v) is 6.36. The average molecular weight is 498 g/mol. The number of carbonyl (C=O) groups excluding carboxylic acids is 1. The molecule has 1 amide bonds. The molecule has 1 fully saturated rings. The van der Waals surface area contributed by atoms with Gasteiger partial charge in [0.25, 0.3) is 5.91 Å². The Morgan fingerprint density at radius 3 is 2.76 bits per heavy atom. The quantitative estimate of drug-likeness (QED) is 0.315. The molecule has 1 aliphatic heterocycles. The van der Waals surface area contributed by atoms with Crippen LogP contribution in [0.1, 0.15) is 25.8 Å². The van der Waals surface area contributed by atoms with Gasteiger partial charge in [0.15, 0.2) is 5.65 Å². The lowest BCUT2D eigenvalue weighted by atomic mass is 10.0. The van der Waals surface area contributed by atoms with Crippen molar-refractivity contribution in [3.05, 3.63) is 72.3 Å². The topological polar surface area (TPSA) is 123 Å². The number of piperidine rings is 1. The first-order chi connectivity index (χ1) is 18.0. The van der Waals surface area contributed by atoms with Crippen molar-refractivity contribution in [3.63, 3.8) is 0 Å². The number of allylic oxidation sites excluding steroid dienone is 1. The van der Waals surface area contributed by atoms with E-state index in [1.807, 2.05) is 24.3 Å². The number of amides is 1. The van der Waals surface area contributed by atoms with Crippen molar-refractivity contribution in [1.29, 1.82) is 5.26 Å². The van der Waals surface area contributed by atoms with Crippen LogP contribution in [-0.2, 0) is 4.79 Å². The summed E-state index contributed by atoms with van der Waals surface area (Å²) in [4.78, 5) is 22.9. The van der Waals surface area contributed by atoms with Crippen LogP contribution in [0.3, 0.4) is 0 Å². The second-order valence-electron chi connectivity index (χ2n) is 8.67. The summed E-state index contributed by atoms with van der Waals surface area (Å²) in [5.74, 6) is 0.269. The molecule has 2 aromatic carbocycles. The fraction of sp³-hybridized carbons (Fsp3) is 0.222. The number of para-hydroxylation sites is 1. The number of nitrogen functional groups attached to an aromatic ring is 1. The molecule has 2 N–H and O–H groups in total. The molecule has 0 spiro atoms. The summed E-state index contributed by atoms with van der Waals surface area (Å²) < 4.78 is 22.8. The van der Waals surface area contributed by atoms with E-state index in [1.165, 1.54) is 18.5 Å². The lowest BCUT2D eigenvalue weighted by Crippen LogP contribution is -2.41. The van der Waals surface area contributed by atoms with Crippen LogP contribution in [-0.4, -0.2) is 43.6 Å². The lowest BCUT2D eigenvalue weighted by molar-refractivity contribution is -0.128. The third-order valence-electron chi connectivity index (χ3n) is 6.36. The van der Waals surface area contributed by atoms with Crippen molar-refractivity contribution in [2.24, 2.45) is 0 Å². The number of halogens is 1. The van der Waals surface area contributed by atoms with Crippen molar-refractivity contribution < 1.29 is 13.9 Å². The zero-order valence-electron chi connectivity index (χ0n) is 20.1. The van der Waals surface area contributed by atoms with Crippen LogP contribution >= 0.6 is 0 Å². The van der Waals surface area contributed by atoms with Gasteiger partial charge in [-0.25, -0.2) is 19.0 Å². The number of anilines is 1. The Kier molecular flexibility index (Phi) is 6.51. The number of rotatable bonds is 5. The molecule has 0 saturated carbocycles. The molecule has 0 bridgehead atoms. The van der Waals surface area contributed by atoms with E-state index in [-0.39, 0.29) is 28.9 Å². The van der Waals surface area contributed by atoms with E-state index < -0.39 is 5.82 Å². The Hall–Kier alpha value is -4.78. The fourth-order valence-corrected chi connectivity index (χ4v) is 4.56. The minimum atomic E-state index is -0.532. The molecule has 186 valence electrons. The minimum Gasteiger partial charge on any atom is -0.457 e. The molecule has 4 aromatic rings. The number of nitrogens with zero attached hydrogens (tertiary/aromatic N) is 6. The van der Waals surface area contributed by atoms with Gasteiger partial charge >= 0.3 is 0 Å². The highest BCUT2D eigenvalue weighted by Gasteiger charge is 2.30. The Labute approximate surface area is 212 Å². The molecule has 37 heavy (non-hydrogen) atoms. The number of hydrogen-bond acceptors (Lipinski definition) is 7. The highest BCUT2D eigenvalue weighted by atomic mass is 19.1. The van der Waals surface area contributed by atoms with Gasteiger partial charge in [-0.3, -0.25) is 4.79 Å². The van der Waals surface area contributed by atoms with Gasteiger partial charge in [-0.15, -0.1) is 0 Å². The number of benzene rings is 2. The molecular formula is C27H24FN7O2. The Bertz CT molecular complexity index is 1540. The standard InChI is InChI=1S/C27H24FN7O2/c1-2-17(14-29)27(36)34-12-6-7-18(15-34)35-26-23(25(30)31-16-32-26)24(33-35)21-11-10-20(13-22(21)28)37-19-8-4-3-5-9-19/h2-5,8-11,13,16,18H,6-7,12,15H2,1H3,(H2,30,31,32)/b17-2+. The van der Waals surface area contributed by atoms with E-state index >= 15 is 4.39 Å². The average Bonchev–Trinajstić information content (AvgIpc) is 3.31. The van der Waals surface area contributed by atoms with E-state index in [0.717, 1.165) is 12.8 Å². The summed E-state index contributed by atoms with van der Waals surface area (Å²) in [7, 11) is 0. The molecule has 1 saturated heterocycles. The number of likely N-dealkylation sites (tertiary alicyclic amines) is 1. The first-order valence-electron chi connectivity index (χ1n) is 11.9. The van der Waals surface area contributed by atoms with Gasteiger partial charge in [-0.1, -0.05) is 24.3 Å². The number of nitriles is 1. The van der Waals surface area contributed by atoms with Crippen molar-refractivity contribution in [3.8, 4) is 28.8 Å². The van der Waals surface area contributed by atoms with Crippen LogP contribution in [0.15, 0.2) is 66.5 Å². The van der Waals surface area contributed by atoms with Crippen LogP contribution in [0, 0.1) is 17.1 Å². The van der Waals surface area contributed by atoms with Gasteiger partial charge in [-0.05, 0) is 44.0 Å². The lowest BCUT2D eigenvalue weighted by Gasteiger charge is -2.32. The Morgan fingerprint density at radius 2 is 2.03 bits per heavy atom. The molecule has 3 heterocycles. The third kappa shape index (κ3) is 4.59. The van der Waals surface area contributed by atoms with Crippen LogP contribution in [0.5, 0.6) is 11.5 Å². The van der Waals surface area contributed by atoms with Crippen molar-refractivity contribution in [2.45, 2.75) is 25.8 Å². The Morgan fingerprint density at radius 1 is 1.22 bits per heavy atom. The predicted octanol–water partition coefficient (Wildman–Crippen LogP) is 4.64. The van der Waals surface area contributed by atoms with E-state index in [4.69, 9.17) is 15.6 Å². The highest BCUT2D eigenvalue weighted by molar-refractivity contribution is 5.99. The van der Waals surface area contributed by atoms with Gasteiger partial charge in [0, 0.05) is 24.7 Å². The van der Waals surface area contributed by atoms with E-state index in [2.05, 4.69) is 9.97 Å². The maximum atomic E-state index is 15.4. The summed E-state index contributed by atoms with van der Waals surface area (Å²) in [6, 6.07) is 15.4. The predicted molar refractivity (Wildman–Crippen MR) is 136 cm³/mol. The molecule has 10 heteroatoms. The largest absolute Gasteiger partial charge is 0.457 e. The van der Waals surface area contributed by atoms with Crippen LogP contribution < -0.4 is 10.5 Å². The first-order valence-corrected chi connectivity index (χ1v) is 11.9. The van der Waals surface area contributed by atoms with Gasteiger partial charge in [0.2, 0.25) is 0 Å². The van der Waals surface area contributed by atoms with Gasteiger partial charge in [-0.2, -0.15) is 10.4 Å². The summed E-state index contributed by atoms with van der Waals surface area (Å²) in [6.07, 6.45) is 4.30. The molecule has 5 rings (SSSR count). The number of nitrogens with two attached hydrogens (primary N) is 1. The van der Waals surface area contributed by atoms with Gasteiger partial charge in [0.05, 0.1) is 11.4 Å². The summed E-state index contributed by atoms with van der Waals surface area (Å²) >= 11 is 0. The molecule has 1 atom stereocenters. The maximum Gasteiger partial charge on any atom is 0.264 e. The van der Waals surface area contributed by atoms with E-state index in [1.54, 1.807) is 40.8 Å². The molecule has 0 radical (unpaired) electrons. The number of ether oxygens (including phenoxy) is 1. The summed E-state index contributed by atoms with van der Waals surface area (Å²) in [6.45, 7) is 2.54. The zero-order chi connectivity index (χ0) is 25.9. The van der Waals surface area contributed by atoms with E-state index in [0.29, 0.717) is 41.3 Å². The van der Waals surface area contributed by atoms with Crippen molar-refractivity contribution in [2.75, 3.05) is 18.8 Å². The van der Waals surface area contributed by atoms with E-state index in [9.17, 15) is 10.1 Å². The molecule has 1 aliphatic rings. The molecular weight excluding hydrogens is 473 g/mol. The van der Waals surface area contributed by atoms with Gasteiger partial charge < -0.3 is 15.4 Å². The number of carbonyl (C=O) groups is 1. The normalized spacial score (nSPS) is 16.0.